The third kappa shape index (κ3) is 9.77. The minimum absolute atomic E-state index is 0.0186. The average Bonchev–Trinajstić information content (AvgIpc) is 2.69. The van der Waals surface area contributed by atoms with Gasteiger partial charge in [-0.25, -0.2) is 0 Å². The lowest BCUT2D eigenvalue weighted by atomic mass is 10.2. The van der Waals surface area contributed by atoms with Crippen molar-refractivity contribution in [3.63, 3.8) is 0 Å². The standard InChI is InChI=1S/C18H21N5O6S.HNO3/c1-12-8-15(28-7-3-6-21-22-18(19)20)11-16(9-12)29-30(26,27)17-10-14(23(24)25)5-4-13(17)2;2-1(3)4/h4-6,8-11H,3,7H2,1-2H3,(H4,19,20,22);(H,2,3,4). The van der Waals surface area contributed by atoms with Crippen LogP contribution in [0.5, 0.6) is 11.5 Å². The van der Waals surface area contributed by atoms with Gasteiger partial charge in [-0.05, 0) is 37.1 Å². The second kappa shape index (κ2) is 12.5. The Balaban J connectivity index is 0.00000133. The molecule has 0 aliphatic rings. The third-order valence-corrected chi connectivity index (χ3v) is 5.04. The molecular formula is C18H22N6O9S. The summed E-state index contributed by atoms with van der Waals surface area (Å²) < 4.78 is 36.1. The number of nitro groups is 1. The van der Waals surface area contributed by atoms with E-state index in [1.807, 2.05) is 0 Å². The van der Waals surface area contributed by atoms with E-state index in [-0.39, 0.29) is 28.9 Å². The van der Waals surface area contributed by atoms with Gasteiger partial charge in [-0.1, -0.05) is 6.07 Å². The molecule has 16 heteroatoms. The number of rotatable bonds is 9. The summed E-state index contributed by atoms with van der Waals surface area (Å²) in [5.41, 5.74) is 11.0. The summed E-state index contributed by atoms with van der Waals surface area (Å²) >= 11 is 0. The van der Waals surface area contributed by atoms with Gasteiger partial charge in [0.25, 0.3) is 10.8 Å². The number of non-ortho nitro benzene ring substituents is 1. The lowest BCUT2D eigenvalue weighted by Crippen LogP contribution is -2.21. The molecule has 2 rings (SSSR count). The van der Waals surface area contributed by atoms with Crippen molar-refractivity contribution in [1.29, 1.82) is 0 Å². The summed E-state index contributed by atoms with van der Waals surface area (Å²) in [7, 11) is -4.29. The van der Waals surface area contributed by atoms with Crippen LogP contribution in [0, 0.1) is 34.1 Å². The highest BCUT2D eigenvalue weighted by atomic mass is 32.2. The van der Waals surface area contributed by atoms with E-state index in [1.54, 1.807) is 13.0 Å². The van der Waals surface area contributed by atoms with Gasteiger partial charge >= 0.3 is 10.1 Å². The van der Waals surface area contributed by atoms with E-state index in [2.05, 4.69) is 10.2 Å². The first-order chi connectivity index (χ1) is 15.8. The summed E-state index contributed by atoms with van der Waals surface area (Å²) in [4.78, 5) is 18.4. The molecule has 15 nitrogen and oxygen atoms in total. The summed E-state index contributed by atoms with van der Waals surface area (Å²) in [6.45, 7) is 3.50. The van der Waals surface area contributed by atoms with Crippen LogP contribution in [0.4, 0.5) is 5.69 Å². The molecule has 5 N–H and O–H groups in total. The van der Waals surface area contributed by atoms with Gasteiger partial charge in [0.05, 0.1) is 11.5 Å². The molecular weight excluding hydrogens is 476 g/mol. The number of aryl methyl sites for hydroxylation is 2. The fourth-order valence-corrected chi connectivity index (χ4v) is 3.55. The summed E-state index contributed by atoms with van der Waals surface area (Å²) in [6, 6.07) is 8.16. The maximum Gasteiger partial charge on any atom is 0.339 e. The van der Waals surface area contributed by atoms with E-state index in [4.69, 9.17) is 35.7 Å². The van der Waals surface area contributed by atoms with Crippen LogP contribution in [0.2, 0.25) is 0 Å². The highest BCUT2D eigenvalue weighted by Gasteiger charge is 2.23. The number of nitro benzene ring substituents is 1. The zero-order valence-electron chi connectivity index (χ0n) is 18.0. The van der Waals surface area contributed by atoms with Gasteiger partial charge in [0.15, 0.2) is 0 Å². The largest absolute Gasteiger partial charge is 0.493 e. The fourth-order valence-electron chi connectivity index (χ4n) is 2.38. The number of guanidine groups is 1. The van der Waals surface area contributed by atoms with Crippen LogP contribution >= 0.6 is 0 Å². The van der Waals surface area contributed by atoms with Crippen LogP contribution < -0.4 is 20.4 Å². The first-order valence-electron chi connectivity index (χ1n) is 9.19. The van der Waals surface area contributed by atoms with Gasteiger partial charge in [-0.15, -0.1) is 15.2 Å². The number of nitrogens with two attached hydrogens (primary N) is 2. The van der Waals surface area contributed by atoms with Gasteiger partial charge in [-0.3, -0.25) is 10.1 Å². The van der Waals surface area contributed by atoms with E-state index in [0.29, 0.717) is 23.3 Å². The van der Waals surface area contributed by atoms with E-state index < -0.39 is 20.1 Å². The molecule has 0 fully saturated rings. The molecule has 0 aromatic heterocycles. The first kappa shape index (κ1) is 27.6. The molecule has 0 aliphatic heterocycles. The van der Waals surface area contributed by atoms with Gasteiger partial charge in [0, 0.05) is 30.8 Å². The van der Waals surface area contributed by atoms with Crippen molar-refractivity contribution in [3.05, 3.63) is 67.8 Å². The van der Waals surface area contributed by atoms with Gasteiger partial charge in [0.2, 0.25) is 5.96 Å². The first-order valence-corrected chi connectivity index (χ1v) is 10.6. The fraction of sp³-hybridized carbons (Fsp3) is 0.222. The molecule has 0 atom stereocenters. The van der Waals surface area contributed by atoms with Crippen LogP contribution in [0.15, 0.2) is 51.5 Å². The molecule has 0 radical (unpaired) electrons. The van der Waals surface area contributed by atoms with Crippen molar-refractivity contribution in [2.45, 2.75) is 25.2 Å². The van der Waals surface area contributed by atoms with E-state index in [0.717, 1.165) is 6.07 Å². The maximum absolute atomic E-state index is 12.7. The van der Waals surface area contributed by atoms with Crippen molar-refractivity contribution in [2.75, 3.05) is 6.61 Å². The van der Waals surface area contributed by atoms with Crippen LogP contribution in [-0.2, 0) is 10.1 Å². The van der Waals surface area contributed by atoms with Crippen LogP contribution in [-0.4, -0.2) is 42.4 Å². The Kier molecular flexibility index (Phi) is 10.2. The number of benzene rings is 2. The SMILES string of the molecule is Cc1cc(OCCC=NN=C(N)N)cc(OS(=O)(=O)c2cc([N+](=O)[O-])ccc2C)c1.O=[N+]([O-])O. The van der Waals surface area contributed by atoms with E-state index >= 15 is 0 Å². The van der Waals surface area contributed by atoms with Crippen molar-refractivity contribution in [1.82, 2.24) is 0 Å². The molecule has 0 bridgehead atoms. The molecule has 2 aromatic rings. The second-order valence-corrected chi connectivity index (χ2v) is 7.94. The summed E-state index contributed by atoms with van der Waals surface area (Å²) in [6.07, 6.45) is 1.87. The molecule has 0 saturated heterocycles. The molecule has 0 spiro atoms. The normalized spacial score (nSPS) is 10.6. The number of hydrogen-bond acceptors (Lipinski definition) is 10. The predicted octanol–water partition coefficient (Wildman–Crippen LogP) is 1.66. The highest BCUT2D eigenvalue weighted by Crippen LogP contribution is 2.28. The van der Waals surface area contributed by atoms with Crippen molar-refractivity contribution in [2.24, 2.45) is 21.7 Å². The average molecular weight is 498 g/mol. The van der Waals surface area contributed by atoms with Crippen LogP contribution in [0.25, 0.3) is 0 Å². The molecule has 0 heterocycles. The highest BCUT2D eigenvalue weighted by molar-refractivity contribution is 7.87. The number of nitrogens with zero attached hydrogens (tertiary/aromatic N) is 4. The van der Waals surface area contributed by atoms with E-state index in [9.17, 15) is 18.5 Å². The minimum Gasteiger partial charge on any atom is -0.493 e. The van der Waals surface area contributed by atoms with Crippen molar-refractivity contribution >= 4 is 28.0 Å². The Morgan fingerprint density at radius 1 is 1.12 bits per heavy atom. The monoisotopic (exact) mass is 498 g/mol. The molecule has 0 unspecified atom stereocenters. The van der Waals surface area contributed by atoms with Crippen molar-refractivity contribution in [3.8, 4) is 11.5 Å². The third-order valence-electron chi connectivity index (χ3n) is 3.65. The number of hydrogen-bond donors (Lipinski definition) is 3. The van der Waals surface area contributed by atoms with Gasteiger partial charge < -0.3 is 25.6 Å². The van der Waals surface area contributed by atoms with Crippen molar-refractivity contribution < 1.29 is 32.6 Å². The zero-order valence-corrected chi connectivity index (χ0v) is 18.8. The zero-order chi connectivity index (χ0) is 25.9. The van der Waals surface area contributed by atoms with Gasteiger partial charge in [-0.2, -0.15) is 13.5 Å². The molecule has 184 valence electrons. The summed E-state index contributed by atoms with van der Waals surface area (Å²) in [5.74, 6) is 0.240. The molecule has 0 saturated carbocycles. The van der Waals surface area contributed by atoms with Crippen LogP contribution in [0.3, 0.4) is 0 Å². The van der Waals surface area contributed by atoms with Gasteiger partial charge in [0.1, 0.15) is 16.4 Å². The Morgan fingerprint density at radius 2 is 1.74 bits per heavy atom. The Morgan fingerprint density at radius 3 is 2.32 bits per heavy atom. The quantitative estimate of drug-likeness (QED) is 0.112. The Labute approximate surface area is 193 Å². The predicted molar refractivity (Wildman–Crippen MR) is 120 cm³/mol. The smallest absolute Gasteiger partial charge is 0.339 e. The molecule has 0 amide bonds. The van der Waals surface area contributed by atoms with E-state index in [1.165, 1.54) is 37.4 Å². The maximum atomic E-state index is 12.7. The Hall–Kier alpha value is -4.47. The topological polar surface area (TPSA) is 236 Å². The molecule has 2 aromatic carbocycles. The second-order valence-electron chi connectivity index (χ2n) is 6.42. The molecule has 34 heavy (non-hydrogen) atoms. The number of ether oxygens (including phenoxy) is 1. The van der Waals surface area contributed by atoms with Crippen LogP contribution in [0.1, 0.15) is 17.5 Å². The lowest BCUT2D eigenvalue weighted by Gasteiger charge is -2.12. The minimum atomic E-state index is -4.29. The lowest BCUT2D eigenvalue weighted by molar-refractivity contribution is -0.742. The molecule has 0 aliphatic carbocycles. The Bertz CT molecular complexity index is 1190. The summed E-state index contributed by atoms with van der Waals surface area (Å²) in [5, 5.41) is 31.7.